The summed E-state index contributed by atoms with van der Waals surface area (Å²) in [6, 6.07) is 6.01. The van der Waals surface area contributed by atoms with Gasteiger partial charge in [0.25, 0.3) is 0 Å². The molecule has 112 valence electrons. The zero-order chi connectivity index (χ0) is 14.4. The summed E-state index contributed by atoms with van der Waals surface area (Å²) < 4.78 is 11.1. The van der Waals surface area contributed by atoms with Crippen molar-refractivity contribution in [1.29, 1.82) is 0 Å². The highest BCUT2D eigenvalue weighted by molar-refractivity contribution is 6.32. The molecule has 1 aromatic rings. The summed E-state index contributed by atoms with van der Waals surface area (Å²) in [6.07, 6.45) is 1.08. The minimum absolute atomic E-state index is 0.499. The summed E-state index contributed by atoms with van der Waals surface area (Å²) >= 11 is 6.27. The largest absolute Gasteiger partial charge is 0.492 e. The Kier molecular flexibility index (Phi) is 6.14. The first-order valence-electron chi connectivity index (χ1n) is 7.35. The average molecular weight is 298 g/mol. The molecule has 1 aromatic carbocycles. The molecule has 1 aliphatic rings. The van der Waals surface area contributed by atoms with Crippen LogP contribution in [-0.4, -0.2) is 26.4 Å². The lowest BCUT2D eigenvalue weighted by Crippen LogP contribution is -2.19. The summed E-state index contributed by atoms with van der Waals surface area (Å²) in [5.74, 6) is 1.92. The van der Waals surface area contributed by atoms with Crippen molar-refractivity contribution in [2.75, 3.05) is 26.4 Å². The summed E-state index contributed by atoms with van der Waals surface area (Å²) in [6.45, 7) is 8.58. The predicted molar refractivity (Wildman–Crippen MR) is 82.4 cm³/mol. The number of nitrogens with one attached hydrogen (secondary N) is 1. The Hall–Kier alpha value is -0.770. The molecule has 0 bridgehead atoms. The monoisotopic (exact) mass is 297 g/mol. The normalized spacial score (nSPS) is 18.7. The van der Waals surface area contributed by atoms with E-state index in [-0.39, 0.29) is 0 Å². The number of benzene rings is 1. The van der Waals surface area contributed by atoms with Gasteiger partial charge in [0.1, 0.15) is 5.75 Å². The van der Waals surface area contributed by atoms with Gasteiger partial charge in [0.15, 0.2) is 0 Å². The molecule has 2 rings (SSSR count). The lowest BCUT2D eigenvalue weighted by molar-refractivity contribution is 0.167. The minimum atomic E-state index is 0.499. The molecule has 0 radical (unpaired) electrons. The molecule has 4 heteroatoms. The van der Waals surface area contributed by atoms with Gasteiger partial charge in [-0.1, -0.05) is 31.5 Å². The van der Waals surface area contributed by atoms with E-state index < -0.39 is 0 Å². The van der Waals surface area contributed by atoms with Gasteiger partial charge in [0.05, 0.1) is 18.2 Å². The van der Waals surface area contributed by atoms with Gasteiger partial charge in [-0.3, -0.25) is 0 Å². The molecular weight excluding hydrogens is 274 g/mol. The molecule has 20 heavy (non-hydrogen) atoms. The number of hydrogen-bond acceptors (Lipinski definition) is 3. The van der Waals surface area contributed by atoms with Crippen LogP contribution in [0, 0.1) is 11.8 Å². The fourth-order valence-corrected chi connectivity index (χ4v) is 2.46. The average Bonchev–Trinajstić information content (AvgIpc) is 2.90. The molecule has 1 atom stereocenters. The molecule has 1 heterocycles. The second-order valence-corrected chi connectivity index (χ2v) is 6.24. The molecule has 0 aliphatic carbocycles. The number of hydrogen-bond donors (Lipinski definition) is 1. The van der Waals surface area contributed by atoms with Crippen LogP contribution in [0.5, 0.6) is 5.75 Å². The molecule has 0 saturated carbocycles. The lowest BCUT2D eigenvalue weighted by Gasteiger charge is -2.13. The molecule has 1 aliphatic heterocycles. The zero-order valence-electron chi connectivity index (χ0n) is 12.3. The first kappa shape index (κ1) is 15.6. The highest BCUT2D eigenvalue weighted by Crippen LogP contribution is 2.26. The van der Waals surface area contributed by atoms with Gasteiger partial charge in [-0.25, -0.2) is 0 Å². The summed E-state index contributed by atoms with van der Waals surface area (Å²) in [5.41, 5.74) is 1.19. The molecule has 1 unspecified atom stereocenters. The van der Waals surface area contributed by atoms with Crippen LogP contribution >= 0.6 is 11.6 Å². The topological polar surface area (TPSA) is 30.5 Å². The van der Waals surface area contributed by atoms with Crippen molar-refractivity contribution in [2.45, 2.75) is 26.8 Å². The van der Waals surface area contributed by atoms with Crippen molar-refractivity contribution in [3.05, 3.63) is 28.8 Å². The smallest absolute Gasteiger partial charge is 0.137 e. The van der Waals surface area contributed by atoms with Crippen molar-refractivity contribution in [2.24, 2.45) is 11.8 Å². The molecule has 1 fully saturated rings. The van der Waals surface area contributed by atoms with Crippen LogP contribution in [0.3, 0.4) is 0 Å². The third-order valence-electron chi connectivity index (χ3n) is 3.38. The second-order valence-electron chi connectivity index (χ2n) is 5.83. The van der Waals surface area contributed by atoms with Gasteiger partial charge in [-0.05, 0) is 36.6 Å². The van der Waals surface area contributed by atoms with E-state index in [2.05, 4.69) is 25.2 Å². The summed E-state index contributed by atoms with van der Waals surface area (Å²) in [4.78, 5) is 0. The Morgan fingerprint density at radius 2 is 2.30 bits per heavy atom. The Balaban J connectivity index is 1.81. The second kappa shape index (κ2) is 7.87. The molecule has 0 amide bonds. The van der Waals surface area contributed by atoms with Crippen LogP contribution in [-0.2, 0) is 11.3 Å². The van der Waals surface area contributed by atoms with Gasteiger partial charge in [0, 0.05) is 19.1 Å². The van der Waals surface area contributed by atoms with Crippen molar-refractivity contribution >= 4 is 11.6 Å². The van der Waals surface area contributed by atoms with E-state index in [0.717, 1.165) is 38.5 Å². The van der Waals surface area contributed by atoms with Gasteiger partial charge < -0.3 is 14.8 Å². The Bertz CT molecular complexity index is 417. The zero-order valence-corrected chi connectivity index (χ0v) is 13.1. The van der Waals surface area contributed by atoms with E-state index in [4.69, 9.17) is 21.1 Å². The predicted octanol–water partition coefficient (Wildman–Crippen LogP) is 3.50. The van der Waals surface area contributed by atoms with Crippen LogP contribution in [0.2, 0.25) is 5.02 Å². The Labute approximate surface area is 126 Å². The Morgan fingerprint density at radius 3 is 2.95 bits per heavy atom. The molecule has 0 spiro atoms. The summed E-state index contributed by atoms with van der Waals surface area (Å²) in [5, 5.41) is 4.10. The summed E-state index contributed by atoms with van der Waals surface area (Å²) in [7, 11) is 0. The van der Waals surface area contributed by atoms with Gasteiger partial charge >= 0.3 is 0 Å². The molecule has 1 saturated heterocycles. The van der Waals surface area contributed by atoms with Crippen LogP contribution in [0.25, 0.3) is 0 Å². The quantitative estimate of drug-likeness (QED) is 0.835. The van der Waals surface area contributed by atoms with E-state index >= 15 is 0 Å². The SMILES string of the molecule is CC(C)CNCc1ccc(OCC2CCOC2)c(Cl)c1. The minimum Gasteiger partial charge on any atom is -0.492 e. The van der Waals surface area contributed by atoms with Crippen molar-refractivity contribution in [3.8, 4) is 5.75 Å². The van der Waals surface area contributed by atoms with Crippen LogP contribution in [0.15, 0.2) is 18.2 Å². The standard InChI is InChI=1S/C16H24ClNO2/c1-12(2)8-18-9-13-3-4-16(15(17)7-13)20-11-14-5-6-19-10-14/h3-4,7,12,14,18H,5-6,8-11H2,1-2H3. The van der Waals surface area contributed by atoms with E-state index in [9.17, 15) is 0 Å². The highest BCUT2D eigenvalue weighted by atomic mass is 35.5. The fourth-order valence-electron chi connectivity index (χ4n) is 2.20. The molecule has 1 N–H and O–H groups in total. The third-order valence-corrected chi connectivity index (χ3v) is 3.67. The maximum absolute atomic E-state index is 6.27. The van der Waals surface area contributed by atoms with E-state index in [1.807, 2.05) is 12.1 Å². The van der Waals surface area contributed by atoms with Gasteiger partial charge in [0.2, 0.25) is 0 Å². The number of ether oxygens (including phenoxy) is 2. The van der Waals surface area contributed by atoms with E-state index in [0.29, 0.717) is 23.5 Å². The first-order valence-corrected chi connectivity index (χ1v) is 7.72. The highest BCUT2D eigenvalue weighted by Gasteiger charge is 2.16. The number of rotatable bonds is 7. The van der Waals surface area contributed by atoms with Crippen molar-refractivity contribution < 1.29 is 9.47 Å². The first-order chi connectivity index (χ1) is 9.65. The van der Waals surface area contributed by atoms with Gasteiger partial charge in [-0.2, -0.15) is 0 Å². The lowest BCUT2D eigenvalue weighted by atomic mass is 10.1. The number of halogens is 1. The maximum Gasteiger partial charge on any atom is 0.137 e. The molecular formula is C16H24ClNO2. The van der Waals surface area contributed by atoms with Crippen molar-refractivity contribution in [1.82, 2.24) is 5.32 Å². The van der Waals surface area contributed by atoms with Crippen molar-refractivity contribution in [3.63, 3.8) is 0 Å². The third kappa shape index (κ3) is 4.97. The van der Waals surface area contributed by atoms with E-state index in [1.54, 1.807) is 0 Å². The van der Waals surface area contributed by atoms with E-state index in [1.165, 1.54) is 5.56 Å². The maximum atomic E-state index is 6.27. The Morgan fingerprint density at radius 1 is 1.45 bits per heavy atom. The molecule has 3 nitrogen and oxygen atoms in total. The van der Waals surface area contributed by atoms with Crippen LogP contribution in [0.1, 0.15) is 25.8 Å². The van der Waals surface area contributed by atoms with Gasteiger partial charge in [-0.15, -0.1) is 0 Å². The molecule has 0 aromatic heterocycles. The van der Waals surface area contributed by atoms with Crippen LogP contribution in [0.4, 0.5) is 0 Å². The van der Waals surface area contributed by atoms with Crippen LogP contribution < -0.4 is 10.1 Å². The fraction of sp³-hybridized carbons (Fsp3) is 0.625.